The summed E-state index contributed by atoms with van der Waals surface area (Å²) in [7, 11) is 0. The molecule has 20 heavy (non-hydrogen) atoms. The van der Waals surface area contributed by atoms with Crippen LogP contribution < -0.4 is 5.32 Å². The van der Waals surface area contributed by atoms with Gasteiger partial charge in [-0.2, -0.15) is 0 Å². The van der Waals surface area contributed by atoms with Crippen LogP contribution in [0.4, 0.5) is 0 Å². The summed E-state index contributed by atoms with van der Waals surface area (Å²) in [5.74, 6) is 0.0381. The number of hydrogen-bond donors (Lipinski definition) is 1. The number of carbonyl (C=O) groups excluding carboxylic acids is 1. The van der Waals surface area contributed by atoms with Crippen LogP contribution in [0.5, 0.6) is 0 Å². The summed E-state index contributed by atoms with van der Waals surface area (Å²) in [4.78, 5) is 12.0. The highest BCUT2D eigenvalue weighted by Crippen LogP contribution is 2.15. The second kappa shape index (κ2) is 6.71. The molecule has 0 aliphatic heterocycles. The van der Waals surface area contributed by atoms with E-state index >= 15 is 0 Å². The first kappa shape index (κ1) is 14.8. The van der Waals surface area contributed by atoms with E-state index in [1.807, 2.05) is 31.2 Å². The highest BCUT2D eigenvalue weighted by molar-refractivity contribution is 9.10. The van der Waals surface area contributed by atoms with Gasteiger partial charge in [-0.05, 0) is 37.1 Å². The van der Waals surface area contributed by atoms with Crippen LogP contribution in [-0.4, -0.2) is 5.91 Å². The Morgan fingerprint density at radius 3 is 2.55 bits per heavy atom. The van der Waals surface area contributed by atoms with Gasteiger partial charge in [0.1, 0.15) is 0 Å². The van der Waals surface area contributed by atoms with Crippen molar-refractivity contribution < 1.29 is 4.79 Å². The molecular formula is C17H18BrNO. The van der Waals surface area contributed by atoms with Crippen molar-refractivity contribution in [1.29, 1.82) is 0 Å². The number of nitrogens with one attached hydrogen (secondary N) is 1. The Kier molecular flexibility index (Phi) is 4.96. The minimum Gasteiger partial charge on any atom is -0.349 e. The summed E-state index contributed by atoms with van der Waals surface area (Å²) in [5, 5.41) is 3.03. The standard InChI is InChI=1S/C17H18BrNO/c1-12-6-8-15(9-7-12)13(2)19-17(20)11-14-4-3-5-16(18)10-14/h3-10,13H,11H2,1-2H3,(H,19,20). The number of benzene rings is 2. The van der Waals surface area contributed by atoms with Gasteiger partial charge in [-0.1, -0.05) is 57.9 Å². The SMILES string of the molecule is Cc1ccc(C(C)NC(=O)Cc2cccc(Br)c2)cc1. The summed E-state index contributed by atoms with van der Waals surface area (Å²) in [5.41, 5.74) is 3.35. The highest BCUT2D eigenvalue weighted by Gasteiger charge is 2.10. The van der Waals surface area contributed by atoms with Crippen molar-refractivity contribution in [2.45, 2.75) is 26.3 Å². The second-order valence-electron chi connectivity index (χ2n) is 5.01. The lowest BCUT2D eigenvalue weighted by atomic mass is 10.1. The van der Waals surface area contributed by atoms with Gasteiger partial charge in [-0.25, -0.2) is 0 Å². The van der Waals surface area contributed by atoms with Crippen molar-refractivity contribution in [3.05, 3.63) is 69.7 Å². The Hall–Kier alpha value is -1.61. The van der Waals surface area contributed by atoms with Gasteiger partial charge in [0.05, 0.1) is 12.5 Å². The van der Waals surface area contributed by atoms with Crippen molar-refractivity contribution in [2.24, 2.45) is 0 Å². The van der Waals surface area contributed by atoms with E-state index in [9.17, 15) is 4.79 Å². The van der Waals surface area contributed by atoms with E-state index in [1.165, 1.54) is 5.56 Å². The van der Waals surface area contributed by atoms with Crippen molar-refractivity contribution >= 4 is 21.8 Å². The maximum atomic E-state index is 12.0. The van der Waals surface area contributed by atoms with Gasteiger partial charge < -0.3 is 5.32 Å². The van der Waals surface area contributed by atoms with Gasteiger partial charge >= 0.3 is 0 Å². The molecule has 104 valence electrons. The molecule has 0 aliphatic rings. The fraction of sp³-hybridized carbons (Fsp3) is 0.235. The number of rotatable bonds is 4. The van der Waals surface area contributed by atoms with E-state index in [0.717, 1.165) is 15.6 Å². The molecule has 3 heteroatoms. The third kappa shape index (κ3) is 4.20. The summed E-state index contributed by atoms with van der Waals surface area (Å²) in [6, 6.07) is 16.1. The largest absolute Gasteiger partial charge is 0.349 e. The topological polar surface area (TPSA) is 29.1 Å². The number of carbonyl (C=O) groups is 1. The first-order chi connectivity index (χ1) is 9.54. The lowest BCUT2D eigenvalue weighted by Gasteiger charge is -2.14. The minimum absolute atomic E-state index is 0.0234. The monoisotopic (exact) mass is 331 g/mol. The van der Waals surface area contributed by atoms with E-state index in [2.05, 4.69) is 52.4 Å². The van der Waals surface area contributed by atoms with Crippen LogP contribution in [0.1, 0.15) is 29.7 Å². The van der Waals surface area contributed by atoms with Gasteiger partial charge in [0.2, 0.25) is 5.91 Å². The van der Waals surface area contributed by atoms with Crippen molar-refractivity contribution in [3.63, 3.8) is 0 Å². The molecule has 2 rings (SSSR count). The normalized spacial score (nSPS) is 11.9. The number of halogens is 1. The van der Waals surface area contributed by atoms with Gasteiger partial charge in [0.25, 0.3) is 0 Å². The number of aryl methyl sites for hydroxylation is 1. The van der Waals surface area contributed by atoms with Crippen LogP contribution in [0, 0.1) is 6.92 Å². The molecule has 1 unspecified atom stereocenters. The molecule has 0 aromatic heterocycles. The van der Waals surface area contributed by atoms with Crippen LogP contribution in [0.15, 0.2) is 53.0 Å². The van der Waals surface area contributed by atoms with Gasteiger partial charge in [-0.3, -0.25) is 4.79 Å². The van der Waals surface area contributed by atoms with E-state index < -0.39 is 0 Å². The Balaban J connectivity index is 1.95. The quantitative estimate of drug-likeness (QED) is 0.894. The first-order valence-electron chi connectivity index (χ1n) is 6.65. The van der Waals surface area contributed by atoms with E-state index in [0.29, 0.717) is 6.42 Å². The maximum absolute atomic E-state index is 12.0. The average molecular weight is 332 g/mol. The molecule has 1 amide bonds. The number of amides is 1. The third-order valence-electron chi connectivity index (χ3n) is 3.21. The maximum Gasteiger partial charge on any atom is 0.224 e. The molecule has 0 heterocycles. The lowest BCUT2D eigenvalue weighted by Crippen LogP contribution is -2.28. The Labute approximate surface area is 128 Å². The molecule has 0 aliphatic carbocycles. The van der Waals surface area contributed by atoms with Gasteiger partial charge in [0, 0.05) is 4.47 Å². The molecule has 0 bridgehead atoms. The van der Waals surface area contributed by atoms with E-state index in [-0.39, 0.29) is 11.9 Å². The van der Waals surface area contributed by atoms with Crippen molar-refractivity contribution in [1.82, 2.24) is 5.32 Å². The summed E-state index contributed by atoms with van der Waals surface area (Å²) in [6.07, 6.45) is 0.398. The van der Waals surface area contributed by atoms with Crippen LogP contribution in [0.2, 0.25) is 0 Å². The molecule has 1 N–H and O–H groups in total. The van der Waals surface area contributed by atoms with E-state index in [4.69, 9.17) is 0 Å². The Bertz CT molecular complexity index is 592. The molecule has 0 spiro atoms. The Morgan fingerprint density at radius 2 is 1.90 bits per heavy atom. The first-order valence-corrected chi connectivity index (χ1v) is 7.44. The fourth-order valence-electron chi connectivity index (χ4n) is 2.06. The van der Waals surface area contributed by atoms with E-state index in [1.54, 1.807) is 0 Å². The summed E-state index contributed by atoms with van der Waals surface area (Å²) < 4.78 is 0.995. The zero-order chi connectivity index (χ0) is 14.5. The molecule has 0 saturated heterocycles. The zero-order valence-corrected chi connectivity index (χ0v) is 13.3. The molecular weight excluding hydrogens is 314 g/mol. The molecule has 0 fully saturated rings. The smallest absolute Gasteiger partial charge is 0.224 e. The van der Waals surface area contributed by atoms with Gasteiger partial charge in [-0.15, -0.1) is 0 Å². The average Bonchev–Trinajstić information content (AvgIpc) is 2.39. The number of hydrogen-bond acceptors (Lipinski definition) is 1. The lowest BCUT2D eigenvalue weighted by molar-refractivity contribution is -0.121. The Morgan fingerprint density at radius 1 is 1.20 bits per heavy atom. The van der Waals surface area contributed by atoms with Crippen molar-refractivity contribution in [3.8, 4) is 0 Å². The minimum atomic E-state index is 0.0234. The molecule has 0 radical (unpaired) electrons. The molecule has 2 aromatic carbocycles. The molecule has 2 aromatic rings. The molecule has 0 saturated carbocycles. The van der Waals surface area contributed by atoms with Crippen molar-refractivity contribution in [2.75, 3.05) is 0 Å². The second-order valence-corrected chi connectivity index (χ2v) is 5.92. The predicted molar refractivity (Wildman–Crippen MR) is 85.6 cm³/mol. The predicted octanol–water partition coefficient (Wildman–Crippen LogP) is 4.18. The van der Waals surface area contributed by atoms with Crippen LogP contribution >= 0.6 is 15.9 Å². The van der Waals surface area contributed by atoms with Crippen LogP contribution in [-0.2, 0) is 11.2 Å². The highest BCUT2D eigenvalue weighted by atomic mass is 79.9. The molecule has 2 nitrogen and oxygen atoms in total. The fourth-order valence-corrected chi connectivity index (χ4v) is 2.51. The summed E-state index contributed by atoms with van der Waals surface area (Å²) in [6.45, 7) is 4.06. The summed E-state index contributed by atoms with van der Waals surface area (Å²) >= 11 is 3.41. The van der Waals surface area contributed by atoms with Gasteiger partial charge in [0.15, 0.2) is 0 Å². The zero-order valence-electron chi connectivity index (χ0n) is 11.7. The van der Waals surface area contributed by atoms with Crippen LogP contribution in [0.25, 0.3) is 0 Å². The third-order valence-corrected chi connectivity index (χ3v) is 3.70. The molecule has 1 atom stereocenters. The van der Waals surface area contributed by atoms with Crippen LogP contribution in [0.3, 0.4) is 0 Å².